The van der Waals surface area contributed by atoms with Crippen molar-refractivity contribution in [2.45, 2.75) is 32.0 Å². The summed E-state index contributed by atoms with van der Waals surface area (Å²) in [5.41, 5.74) is -0.260. The molecule has 12 heteroatoms. The molecule has 0 fully saturated rings. The molecule has 158 valence electrons. The van der Waals surface area contributed by atoms with Crippen LogP contribution in [-0.2, 0) is 23.9 Å². The minimum absolute atomic E-state index is 0.0493. The lowest BCUT2D eigenvalue weighted by molar-refractivity contribution is -0.190. The van der Waals surface area contributed by atoms with Gasteiger partial charge in [0.1, 0.15) is 12.4 Å². The second kappa shape index (κ2) is 9.59. The smallest absolute Gasteiger partial charge is 0.430 e. The molecule has 1 aliphatic heterocycles. The number of alkyl halides is 3. The van der Waals surface area contributed by atoms with Gasteiger partial charge >= 0.3 is 18.1 Å². The predicted octanol–water partition coefficient (Wildman–Crippen LogP) is 3.88. The SMILES string of the molecule is Cc1cc(Cl)cc2c1OC(C(F)(F)F)C(C(=O)OCOC(=O)CCCON=O)=C2. The Bertz CT molecular complexity index is 826. The zero-order valence-corrected chi connectivity index (χ0v) is 15.7. The number of fused-ring (bicyclic) bond motifs is 1. The van der Waals surface area contributed by atoms with Gasteiger partial charge in [0.2, 0.25) is 12.9 Å². The molecule has 0 saturated carbocycles. The third-order valence-corrected chi connectivity index (χ3v) is 3.93. The van der Waals surface area contributed by atoms with Crippen molar-refractivity contribution in [2.75, 3.05) is 13.4 Å². The predicted molar refractivity (Wildman–Crippen MR) is 92.7 cm³/mol. The number of carbonyl (C=O) groups excluding carboxylic acids is 2. The average molecular weight is 438 g/mol. The summed E-state index contributed by atoms with van der Waals surface area (Å²) >= 11 is 5.90. The minimum Gasteiger partial charge on any atom is -0.475 e. The second-order valence-corrected chi connectivity index (χ2v) is 6.29. The molecular weight excluding hydrogens is 423 g/mol. The van der Waals surface area contributed by atoms with E-state index < -0.39 is 36.6 Å². The first-order valence-corrected chi connectivity index (χ1v) is 8.53. The van der Waals surface area contributed by atoms with Crippen LogP contribution < -0.4 is 4.74 Å². The van der Waals surface area contributed by atoms with Gasteiger partial charge in [-0.05, 0) is 37.1 Å². The van der Waals surface area contributed by atoms with E-state index in [1.807, 2.05) is 0 Å². The number of carbonyl (C=O) groups is 2. The van der Waals surface area contributed by atoms with Crippen LogP contribution in [0.3, 0.4) is 0 Å². The molecule has 0 amide bonds. The molecule has 0 aliphatic carbocycles. The summed E-state index contributed by atoms with van der Waals surface area (Å²) in [7, 11) is 0. The number of ether oxygens (including phenoxy) is 3. The van der Waals surface area contributed by atoms with Gasteiger partial charge in [0.15, 0.2) is 5.34 Å². The average Bonchev–Trinajstić information content (AvgIpc) is 2.63. The van der Waals surface area contributed by atoms with E-state index in [9.17, 15) is 27.7 Å². The molecule has 2 rings (SSSR count). The molecule has 29 heavy (non-hydrogen) atoms. The zero-order valence-electron chi connectivity index (χ0n) is 15.0. The summed E-state index contributed by atoms with van der Waals surface area (Å²) in [5.74, 6) is -2.22. The van der Waals surface area contributed by atoms with E-state index in [1.54, 1.807) is 0 Å². The van der Waals surface area contributed by atoms with Gasteiger partial charge in [0.25, 0.3) is 0 Å². The third kappa shape index (κ3) is 6.08. The Hall–Kier alpha value is -2.82. The van der Waals surface area contributed by atoms with Crippen LogP contribution in [0.25, 0.3) is 6.08 Å². The van der Waals surface area contributed by atoms with Gasteiger partial charge in [-0.25, -0.2) is 4.79 Å². The van der Waals surface area contributed by atoms with E-state index in [0.29, 0.717) is 5.56 Å². The topological polar surface area (TPSA) is 100 Å². The Morgan fingerprint density at radius 1 is 1.28 bits per heavy atom. The van der Waals surface area contributed by atoms with Crippen molar-refractivity contribution in [3.8, 4) is 5.75 Å². The van der Waals surface area contributed by atoms with Crippen molar-refractivity contribution in [3.63, 3.8) is 0 Å². The van der Waals surface area contributed by atoms with Gasteiger partial charge in [0, 0.05) is 17.0 Å². The number of rotatable bonds is 8. The van der Waals surface area contributed by atoms with Crippen LogP contribution in [0.5, 0.6) is 5.75 Å². The van der Waals surface area contributed by atoms with Gasteiger partial charge in [-0.3, -0.25) is 4.79 Å². The van der Waals surface area contributed by atoms with Gasteiger partial charge in [-0.1, -0.05) is 11.6 Å². The highest BCUT2D eigenvalue weighted by atomic mass is 35.5. The summed E-state index contributed by atoms with van der Waals surface area (Å²) in [6.07, 6.45) is -6.52. The van der Waals surface area contributed by atoms with Crippen LogP contribution in [0.4, 0.5) is 13.2 Å². The van der Waals surface area contributed by atoms with Gasteiger partial charge in [0.05, 0.1) is 5.57 Å². The number of halogens is 4. The fraction of sp³-hybridized carbons (Fsp3) is 0.412. The maximum atomic E-state index is 13.4. The first-order chi connectivity index (χ1) is 13.6. The van der Waals surface area contributed by atoms with E-state index in [-0.39, 0.29) is 35.8 Å². The maximum absolute atomic E-state index is 13.4. The summed E-state index contributed by atoms with van der Waals surface area (Å²) in [6.45, 7) is 0.510. The van der Waals surface area contributed by atoms with Crippen molar-refractivity contribution < 1.29 is 41.8 Å². The molecule has 1 aliphatic rings. The first kappa shape index (κ1) is 22.5. The molecule has 0 saturated heterocycles. The van der Waals surface area contributed by atoms with E-state index in [4.69, 9.17) is 16.3 Å². The lowest BCUT2D eigenvalue weighted by Gasteiger charge is -2.28. The number of benzene rings is 1. The van der Waals surface area contributed by atoms with Crippen molar-refractivity contribution >= 4 is 29.6 Å². The molecule has 0 bridgehead atoms. The molecular formula is C17H15ClF3NO7. The Kier molecular flexibility index (Phi) is 7.43. The van der Waals surface area contributed by atoms with Crippen LogP contribution in [0.1, 0.15) is 24.0 Å². The fourth-order valence-electron chi connectivity index (χ4n) is 2.48. The molecule has 1 aromatic carbocycles. The number of aryl methyl sites for hydroxylation is 1. The summed E-state index contributed by atoms with van der Waals surface area (Å²) in [6, 6.07) is 2.78. The normalized spacial score (nSPS) is 15.5. The van der Waals surface area contributed by atoms with E-state index in [1.165, 1.54) is 19.1 Å². The Labute approximate surface area is 167 Å². The zero-order chi connectivity index (χ0) is 21.6. The highest BCUT2D eigenvalue weighted by Gasteiger charge is 2.49. The molecule has 8 nitrogen and oxygen atoms in total. The Balaban J connectivity index is 2.06. The highest BCUT2D eigenvalue weighted by Crippen LogP contribution is 2.40. The van der Waals surface area contributed by atoms with Gasteiger partial charge < -0.3 is 19.0 Å². The summed E-state index contributed by atoms with van der Waals surface area (Å²) in [4.78, 5) is 37.4. The van der Waals surface area contributed by atoms with Crippen molar-refractivity contribution in [2.24, 2.45) is 5.34 Å². The summed E-state index contributed by atoms with van der Waals surface area (Å²) < 4.78 is 54.4. The molecule has 0 N–H and O–H groups in total. The molecule has 1 unspecified atom stereocenters. The van der Waals surface area contributed by atoms with Crippen molar-refractivity contribution in [3.05, 3.63) is 38.8 Å². The highest BCUT2D eigenvalue weighted by molar-refractivity contribution is 6.30. The molecule has 1 aromatic rings. The quantitative estimate of drug-likeness (QED) is 0.200. The first-order valence-electron chi connectivity index (χ1n) is 8.16. The lowest BCUT2D eigenvalue weighted by atomic mass is 9.99. The third-order valence-electron chi connectivity index (χ3n) is 3.71. The Morgan fingerprint density at radius 2 is 2.00 bits per heavy atom. The fourth-order valence-corrected chi connectivity index (χ4v) is 2.76. The largest absolute Gasteiger partial charge is 0.475 e. The number of esters is 2. The maximum Gasteiger partial charge on any atom is 0.430 e. The van der Waals surface area contributed by atoms with E-state index in [0.717, 1.165) is 6.08 Å². The van der Waals surface area contributed by atoms with Crippen molar-refractivity contribution in [1.82, 2.24) is 0 Å². The molecule has 1 heterocycles. The summed E-state index contributed by atoms with van der Waals surface area (Å²) in [5, 5.41) is 2.39. The lowest BCUT2D eigenvalue weighted by Crippen LogP contribution is -2.41. The molecule has 0 radical (unpaired) electrons. The molecule has 0 spiro atoms. The van der Waals surface area contributed by atoms with Crippen LogP contribution in [0.15, 0.2) is 23.0 Å². The van der Waals surface area contributed by atoms with Crippen LogP contribution in [0.2, 0.25) is 5.02 Å². The van der Waals surface area contributed by atoms with E-state index in [2.05, 4.69) is 19.7 Å². The van der Waals surface area contributed by atoms with Crippen LogP contribution >= 0.6 is 11.6 Å². The molecule has 1 atom stereocenters. The van der Waals surface area contributed by atoms with E-state index >= 15 is 0 Å². The number of hydrogen-bond donors (Lipinski definition) is 0. The van der Waals surface area contributed by atoms with Crippen LogP contribution in [-0.4, -0.2) is 37.6 Å². The number of nitrogens with zero attached hydrogens (tertiary/aromatic N) is 1. The molecule has 0 aromatic heterocycles. The van der Waals surface area contributed by atoms with Gasteiger partial charge in [-0.2, -0.15) is 13.2 Å². The Morgan fingerprint density at radius 3 is 2.66 bits per heavy atom. The van der Waals surface area contributed by atoms with Crippen molar-refractivity contribution in [1.29, 1.82) is 0 Å². The van der Waals surface area contributed by atoms with Crippen LogP contribution in [0, 0.1) is 11.8 Å². The monoisotopic (exact) mass is 437 g/mol. The standard InChI is InChI=1S/C17H15ClF3NO7/c1-9-5-11(18)6-10-7-12(15(17(19,20)21)29-14(9)10)16(24)27-8-26-13(23)3-2-4-28-22-25/h5-7,15H,2-4,8H2,1H3. The minimum atomic E-state index is -4.89. The van der Waals surface area contributed by atoms with Gasteiger partial charge in [-0.15, -0.1) is 4.91 Å². The number of hydrogen-bond acceptors (Lipinski definition) is 8. The second-order valence-electron chi connectivity index (χ2n) is 5.86.